The smallest absolute Gasteiger partial charge is 0.220 e. The molecule has 1 aromatic rings. The molecule has 10 heavy (non-hydrogen) atoms. The van der Waals surface area contributed by atoms with Crippen LogP contribution in [-0.4, -0.2) is 16.4 Å². The fourth-order valence-corrected chi connectivity index (χ4v) is 0.481. The van der Waals surface area contributed by atoms with Gasteiger partial charge in [0.2, 0.25) is 12.4 Å². The number of anilines is 2. The summed E-state index contributed by atoms with van der Waals surface area (Å²) in [5.41, 5.74) is 5.72. The van der Waals surface area contributed by atoms with Crippen LogP contribution in [-0.2, 0) is 4.79 Å². The SMILES string of the molecule is Nc1ncc(NC=O)cn1. The summed E-state index contributed by atoms with van der Waals surface area (Å²) in [6.07, 6.45) is 3.41. The normalized spacial score (nSPS) is 8.80. The molecular weight excluding hydrogens is 132 g/mol. The van der Waals surface area contributed by atoms with Gasteiger partial charge in [0.1, 0.15) is 0 Å². The Labute approximate surface area is 57.3 Å². The van der Waals surface area contributed by atoms with Gasteiger partial charge < -0.3 is 11.1 Å². The predicted molar refractivity (Wildman–Crippen MR) is 36.1 cm³/mol. The van der Waals surface area contributed by atoms with Gasteiger partial charge in [-0.15, -0.1) is 0 Å². The van der Waals surface area contributed by atoms with Crippen LogP contribution in [0.5, 0.6) is 0 Å². The van der Waals surface area contributed by atoms with Crippen LogP contribution < -0.4 is 11.1 Å². The van der Waals surface area contributed by atoms with Gasteiger partial charge >= 0.3 is 0 Å². The van der Waals surface area contributed by atoms with E-state index >= 15 is 0 Å². The van der Waals surface area contributed by atoms with Crippen molar-refractivity contribution in [2.24, 2.45) is 0 Å². The standard InChI is InChI=1S/C5H6N4O/c6-5-7-1-4(2-8-5)9-3-10/h1-3H,(H,9,10)(H2,6,7,8). The largest absolute Gasteiger partial charge is 0.368 e. The summed E-state index contributed by atoms with van der Waals surface area (Å²) >= 11 is 0. The molecule has 0 saturated heterocycles. The third-order valence-corrected chi connectivity index (χ3v) is 0.897. The van der Waals surface area contributed by atoms with Crippen LogP contribution in [0.2, 0.25) is 0 Å². The summed E-state index contributed by atoms with van der Waals surface area (Å²) in [6.45, 7) is 0. The fourth-order valence-electron chi connectivity index (χ4n) is 0.481. The Balaban J connectivity index is 2.78. The van der Waals surface area contributed by atoms with Crippen molar-refractivity contribution in [3.63, 3.8) is 0 Å². The molecular formula is C5H6N4O. The van der Waals surface area contributed by atoms with Crippen molar-refractivity contribution in [1.29, 1.82) is 0 Å². The Morgan fingerprint density at radius 3 is 2.60 bits per heavy atom. The Kier molecular flexibility index (Phi) is 1.79. The van der Waals surface area contributed by atoms with Crippen LogP contribution in [0.4, 0.5) is 11.6 Å². The first kappa shape index (κ1) is 6.47. The summed E-state index contributed by atoms with van der Waals surface area (Å²) < 4.78 is 0. The molecule has 0 spiro atoms. The second-order valence-corrected chi connectivity index (χ2v) is 1.59. The Hall–Kier alpha value is -1.65. The zero-order valence-corrected chi connectivity index (χ0v) is 5.11. The molecule has 1 aromatic heterocycles. The molecule has 0 aliphatic rings. The number of nitrogens with zero attached hydrogens (tertiary/aromatic N) is 2. The number of carbonyl (C=O) groups is 1. The number of hydrogen-bond acceptors (Lipinski definition) is 4. The molecule has 3 N–H and O–H groups in total. The minimum Gasteiger partial charge on any atom is -0.368 e. The quantitative estimate of drug-likeness (QED) is 0.546. The predicted octanol–water partition coefficient (Wildman–Crippen LogP) is -0.373. The maximum Gasteiger partial charge on any atom is 0.220 e. The molecule has 1 rings (SSSR count). The van der Waals surface area contributed by atoms with Gasteiger partial charge in [-0.2, -0.15) is 0 Å². The molecule has 0 atom stereocenters. The minimum atomic E-state index is 0.191. The van der Waals surface area contributed by atoms with Crippen LogP contribution in [0, 0.1) is 0 Å². The van der Waals surface area contributed by atoms with Gasteiger partial charge in [0, 0.05) is 0 Å². The number of nitrogens with one attached hydrogen (secondary N) is 1. The van der Waals surface area contributed by atoms with E-state index in [1.54, 1.807) is 0 Å². The van der Waals surface area contributed by atoms with Gasteiger partial charge in [-0.3, -0.25) is 4.79 Å². The van der Waals surface area contributed by atoms with Crippen molar-refractivity contribution in [2.45, 2.75) is 0 Å². The average molecular weight is 138 g/mol. The molecule has 0 aliphatic heterocycles. The second-order valence-electron chi connectivity index (χ2n) is 1.59. The van der Waals surface area contributed by atoms with E-state index in [1.165, 1.54) is 12.4 Å². The van der Waals surface area contributed by atoms with Gasteiger partial charge in [-0.25, -0.2) is 9.97 Å². The maximum absolute atomic E-state index is 9.86. The lowest BCUT2D eigenvalue weighted by atomic mass is 10.5. The van der Waals surface area contributed by atoms with Crippen LogP contribution in [0.1, 0.15) is 0 Å². The molecule has 0 fully saturated rings. The number of rotatable bonds is 2. The first-order valence-electron chi connectivity index (χ1n) is 2.60. The van der Waals surface area contributed by atoms with Crippen molar-refractivity contribution in [3.05, 3.63) is 12.4 Å². The van der Waals surface area contributed by atoms with E-state index in [0.29, 0.717) is 12.1 Å². The highest BCUT2D eigenvalue weighted by Crippen LogP contribution is 2.00. The van der Waals surface area contributed by atoms with E-state index in [-0.39, 0.29) is 5.95 Å². The molecule has 0 unspecified atom stereocenters. The van der Waals surface area contributed by atoms with Gasteiger partial charge in [0.25, 0.3) is 0 Å². The number of aromatic nitrogens is 2. The van der Waals surface area contributed by atoms with E-state index in [1.807, 2.05) is 0 Å². The van der Waals surface area contributed by atoms with Crippen LogP contribution >= 0.6 is 0 Å². The van der Waals surface area contributed by atoms with Crippen LogP contribution in [0.15, 0.2) is 12.4 Å². The molecule has 0 aromatic carbocycles. The van der Waals surface area contributed by atoms with Gasteiger partial charge in [0.05, 0.1) is 18.1 Å². The summed E-state index contributed by atoms with van der Waals surface area (Å²) in [7, 11) is 0. The third-order valence-electron chi connectivity index (χ3n) is 0.897. The number of nitrogens with two attached hydrogens (primary N) is 1. The zero-order chi connectivity index (χ0) is 7.40. The van der Waals surface area contributed by atoms with Crippen LogP contribution in [0.25, 0.3) is 0 Å². The fraction of sp³-hybridized carbons (Fsp3) is 0. The first-order chi connectivity index (χ1) is 4.83. The molecule has 0 bridgehead atoms. The average Bonchev–Trinajstić information content (AvgIpc) is 1.95. The first-order valence-corrected chi connectivity index (χ1v) is 2.60. The maximum atomic E-state index is 9.86. The highest BCUT2D eigenvalue weighted by molar-refractivity contribution is 5.70. The molecule has 1 amide bonds. The van der Waals surface area contributed by atoms with Crippen molar-refractivity contribution in [2.75, 3.05) is 11.1 Å². The highest BCUT2D eigenvalue weighted by atomic mass is 16.1. The van der Waals surface area contributed by atoms with Gasteiger partial charge in [-0.05, 0) is 0 Å². The molecule has 0 aliphatic carbocycles. The molecule has 0 radical (unpaired) electrons. The summed E-state index contributed by atoms with van der Waals surface area (Å²) in [4.78, 5) is 17.1. The van der Waals surface area contributed by atoms with Crippen molar-refractivity contribution >= 4 is 18.0 Å². The van der Waals surface area contributed by atoms with Gasteiger partial charge in [-0.1, -0.05) is 0 Å². The molecule has 5 nitrogen and oxygen atoms in total. The Bertz CT molecular complexity index is 220. The zero-order valence-electron chi connectivity index (χ0n) is 5.11. The summed E-state index contributed by atoms with van der Waals surface area (Å²) in [6, 6.07) is 0. The van der Waals surface area contributed by atoms with E-state index < -0.39 is 0 Å². The van der Waals surface area contributed by atoms with Crippen molar-refractivity contribution < 1.29 is 4.79 Å². The lowest BCUT2D eigenvalue weighted by molar-refractivity contribution is -0.105. The third kappa shape index (κ3) is 1.41. The van der Waals surface area contributed by atoms with E-state index in [4.69, 9.17) is 5.73 Å². The summed E-state index contributed by atoms with van der Waals surface area (Å²) in [5, 5.41) is 2.37. The molecule has 0 saturated carbocycles. The lowest BCUT2D eigenvalue weighted by Gasteiger charge is -1.94. The lowest BCUT2D eigenvalue weighted by Crippen LogP contribution is -1.98. The Morgan fingerprint density at radius 1 is 1.50 bits per heavy atom. The monoisotopic (exact) mass is 138 g/mol. The van der Waals surface area contributed by atoms with Gasteiger partial charge in [0.15, 0.2) is 0 Å². The topological polar surface area (TPSA) is 80.9 Å². The summed E-state index contributed by atoms with van der Waals surface area (Å²) in [5.74, 6) is 0.191. The van der Waals surface area contributed by atoms with Crippen LogP contribution in [0.3, 0.4) is 0 Å². The van der Waals surface area contributed by atoms with Crippen molar-refractivity contribution in [1.82, 2.24) is 9.97 Å². The molecule has 1 heterocycles. The molecule has 5 heteroatoms. The van der Waals surface area contributed by atoms with E-state index in [0.717, 1.165) is 0 Å². The van der Waals surface area contributed by atoms with Crippen molar-refractivity contribution in [3.8, 4) is 0 Å². The second kappa shape index (κ2) is 2.77. The molecule has 52 valence electrons. The Morgan fingerprint density at radius 2 is 2.10 bits per heavy atom. The van der Waals surface area contributed by atoms with E-state index in [2.05, 4.69) is 15.3 Å². The number of carbonyl (C=O) groups excluding carboxylic acids is 1. The van der Waals surface area contributed by atoms with E-state index in [9.17, 15) is 4.79 Å². The highest BCUT2D eigenvalue weighted by Gasteiger charge is 1.89. The number of hydrogen-bond donors (Lipinski definition) is 2. The minimum absolute atomic E-state index is 0.191. The number of nitrogen functional groups attached to an aromatic ring is 1. The number of amides is 1.